The van der Waals surface area contributed by atoms with E-state index in [9.17, 15) is 4.39 Å². The van der Waals surface area contributed by atoms with E-state index in [2.05, 4.69) is 5.10 Å². The molecule has 2 unspecified atom stereocenters. The van der Waals surface area contributed by atoms with Gasteiger partial charge in [-0.25, -0.2) is 4.39 Å². The van der Waals surface area contributed by atoms with E-state index in [-0.39, 0.29) is 5.82 Å². The first-order valence-corrected chi connectivity index (χ1v) is 6.75. The molecule has 3 nitrogen and oxygen atoms in total. The standard InChI is InChI=1S/C15H18FN3/c16-14-4-1-12(2-5-14)13-3-6-15(7-13)19-10-11(8-17)9-18-19/h1-2,4-5,9-10,13,15H,3,6-8,17H2. The molecule has 100 valence electrons. The average molecular weight is 259 g/mol. The summed E-state index contributed by atoms with van der Waals surface area (Å²) in [5.74, 6) is 0.342. The zero-order valence-corrected chi connectivity index (χ0v) is 10.8. The van der Waals surface area contributed by atoms with E-state index in [1.807, 2.05) is 29.2 Å². The van der Waals surface area contributed by atoms with Crippen molar-refractivity contribution < 1.29 is 4.39 Å². The second-order valence-electron chi connectivity index (χ2n) is 5.25. The zero-order valence-electron chi connectivity index (χ0n) is 10.8. The molecule has 1 heterocycles. The number of nitrogens with zero attached hydrogens (tertiary/aromatic N) is 2. The molecule has 2 aromatic rings. The third-order valence-corrected chi connectivity index (χ3v) is 4.01. The molecular formula is C15H18FN3. The Balaban J connectivity index is 1.71. The second kappa shape index (κ2) is 5.13. The molecule has 19 heavy (non-hydrogen) atoms. The lowest BCUT2D eigenvalue weighted by atomic mass is 9.97. The number of rotatable bonds is 3. The zero-order chi connectivity index (χ0) is 13.2. The summed E-state index contributed by atoms with van der Waals surface area (Å²) in [7, 11) is 0. The summed E-state index contributed by atoms with van der Waals surface area (Å²) in [4.78, 5) is 0. The smallest absolute Gasteiger partial charge is 0.123 e. The maximum atomic E-state index is 12.9. The molecule has 1 aromatic heterocycles. The van der Waals surface area contributed by atoms with Gasteiger partial charge in [0.1, 0.15) is 5.82 Å². The maximum absolute atomic E-state index is 12.9. The molecule has 0 spiro atoms. The fourth-order valence-electron chi connectivity index (χ4n) is 2.92. The largest absolute Gasteiger partial charge is 0.326 e. The SMILES string of the molecule is NCc1cnn(C2CCC(c3ccc(F)cc3)C2)c1. The van der Waals surface area contributed by atoms with Crippen molar-refractivity contribution in [2.75, 3.05) is 0 Å². The Kier molecular flexibility index (Phi) is 3.34. The van der Waals surface area contributed by atoms with Gasteiger partial charge in [0.2, 0.25) is 0 Å². The first-order chi connectivity index (χ1) is 9.26. The molecule has 3 rings (SSSR count). The minimum Gasteiger partial charge on any atom is -0.326 e. The van der Waals surface area contributed by atoms with Crippen LogP contribution in [0.4, 0.5) is 4.39 Å². The molecule has 4 heteroatoms. The summed E-state index contributed by atoms with van der Waals surface area (Å²) in [5, 5.41) is 4.39. The quantitative estimate of drug-likeness (QED) is 0.921. The molecule has 0 radical (unpaired) electrons. The van der Waals surface area contributed by atoms with Gasteiger partial charge >= 0.3 is 0 Å². The number of halogens is 1. The lowest BCUT2D eigenvalue weighted by Crippen LogP contribution is -2.06. The molecule has 0 aliphatic heterocycles. The first kappa shape index (κ1) is 12.4. The topological polar surface area (TPSA) is 43.8 Å². The van der Waals surface area contributed by atoms with Gasteiger partial charge in [-0.1, -0.05) is 12.1 Å². The van der Waals surface area contributed by atoms with Gasteiger partial charge in [0.05, 0.1) is 12.2 Å². The molecule has 0 amide bonds. The van der Waals surface area contributed by atoms with Crippen molar-refractivity contribution in [2.45, 2.75) is 37.8 Å². The maximum Gasteiger partial charge on any atom is 0.123 e. The van der Waals surface area contributed by atoms with Crippen LogP contribution in [0.3, 0.4) is 0 Å². The van der Waals surface area contributed by atoms with Gasteiger partial charge in [-0.2, -0.15) is 5.10 Å². The lowest BCUT2D eigenvalue weighted by molar-refractivity contribution is 0.460. The van der Waals surface area contributed by atoms with Crippen LogP contribution < -0.4 is 5.73 Å². The van der Waals surface area contributed by atoms with Crippen LogP contribution in [0.1, 0.15) is 42.3 Å². The van der Waals surface area contributed by atoms with Crippen molar-refractivity contribution >= 4 is 0 Å². The van der Waals surface area contributed by atoms with Crippen LogP contribution in [-0.4, -0.2) is 9.78 Å². The predicted molar refractivity (Wildman–Crippen MR) is 72.1 cm³/mol. The van der Waals surface area contributed by atoms with E-state index in [4.69, 9.17) is 5.73 Å². The summed E-state index contributed by atoms with van der Waals surface area (Å²) >= 11 is 0. The highest BCUT2D eigenvalue weighted by Gasteiger charge is 2.27. The van der Waals surface area contributed by atoms with E-state index >= 15 is 0 Å². The number of benzene rings is 1. The monoisotopic (exact) mass is 259 g/mol. The number of hydrogen-bond donors (Lipinski definition) is 1. The molecule has 1 aliphatic rings. The van der Waals surface area contributed by atoms with Crippen molar-refractivity contribution in [3.05, 3.63) is 53.6 Å². The first-order valence-electron chi connectivity index (χ1n) is 6.75. The van der Waals surface area contributed by atoms with E-state index in [0.29, 0.717) is 18.5 Å². The highest BCUT2D eigenvalue weighted by atomic mass is 19.1. The van der Waals surface area contributed by atoms with Gasteiger partial charge < -0.3 is 5.73 Å². The lowest BCUT2D eigenvalue weighted by Gasteiger charge is -2.12. The summed E-state index contributed by atoms with van der Waals surface area (Å²) in [6, 6.07) is 7.33. The molecule has 1 aromatic carbocycles. The molecule has 2 N–H and O–H groups in total. The van der Waals surface area contributed by atoms with Crippen molar-refractivity contribution in [1.29, 1.82) is 0 Å². The van der Waals surface area contributed by atoms with Gasteiger partial charge in [-0.15, -0.1) is 0 Å². The van der Waals surface area contributed by atoms with E-state index in [1.54, 1.807) is 12.1 Å². The highest BCUT2D eigenvalue weighted by molar-refractivity contribution is 5.22. The summed E-state index contributed by atoms with van der Waals surface area (Å²) in [6.45, 7) is 0.536. The Hall–Kier alpha value is -1.68. The summed E-state index contributed by atoms with van der Waals surface area (Å²) < 4.78 is 15.0. The van der Waals surface area contributed by atoms with Crippen molar-refractivity contribution in [1.82, 2.24) is 9.78 Å². The third-order valence-electron chi connectivity index (χ3n) is 4.01. The fraction of sp³-hybridized carbons (Fsp3) is 0.400. The van der Waals surface area contributed by atoms with Gasteiger partial charge in [-0.3, -0.25) is 4.68 Å². The van der Waals surface area contributed by atoms with E-state index < -0.39 is 0 Å². The van der Waals surface area contributed by atoms with Gasteiger partial charge in [0.25, 0.3) is 0 Å². The average Bonchev–Trinajstić information content (AvgIpc) is 3.08. The Morgan fingerprint density at radius 1 is 1.26 bits per heavy atom. The molecule has 0 saturated heterocycles. The summed E-state index contributed by atoms with van der Waals surface area (Å²) in [6.07, 6.45) is 7.20. The normalized spacial score (nSPS) is 22.8. The van der Waals surface area contributed by atoms with Crippen LogP contribution in [-0.2, 0) is 6.54 Å². The fourth-order valence-corrected chi connectivity index (χ4v) is 2.92. The Labute approximate surface area is 112 Å². The Morgan fingerprint density at radius 2 is 2.05 bits per heavy atom. The van der Waals surface area contributed by atoms with E-state index in [1.165, 1.54) is 5.56 Å². The molecule has 1 aliphatic carbocycles. The van der Waals surface area contributed by atoms with Crippen molar-refractivity contribution in [3.63, 3.8) is 0 Å². The van der Waals surface area contributed by atoms with Crippen LogP contribution in [0.2, 0.25) is 0 Å². The highest BCUT2D eigenvalue weighted by Crippen LogP contribution is 2.40. The van der Waals surface area contributed by atoms with Gasteiger partial charge in [0, 0.05) is 18.3 Å². The number of nitrogens with two attached hydrogens (primary N) is 1. The third kappa shape index (κ3) is 2.54. The van der Waals surface area contributed by atoms with Crippen LogP contribution in [0.5, 0.6) is 0 Å². The Morgan fingerprint density at radius 3 is 2.74 bits per heavy atom. The van der Waals surface area contributed by atoms with Gasteiger partial charge in [-0.05, 0) is 42.9 Å². The molecule has 1 fully saturated rings. The van der Waals surface area contributed by atoms with Crippen LogP contribution in [0.15, 0.2) is 36.7 Å². The summed E-state index contributed by atoms with van der Waals surface area (Å²) in [5.41, 5.74) is 7.91. The molecule has 0 bridgehead atoms. The minimum absolute atomic E-state index is 0.169. The Bertz CT molecular complexity index is 547. The van der Waals surface area contributed by atoms with Crippen molar-refractivity contribution in [3.8, 4) is 0 Å². The van der Waals surface area contributed by atoms with Crippen LogP contribution >= 0.6 is 0 Å². The van der Waals surface area contributed by atoms with Crippen LogP contribution in [0.25, 0.3) is 0 Å². The number of hydrogen-bond acceptors (Lipinski definition) is 2. The molecular weight excluding hydrogens is 241 g/mol. The van der Waals surface area contributed by atoms with Crippen LogP contribution in [0, 0.1) is 5.82 Å². The number of aromatic nitrogens is 2. The predicted octanol–water partition coefficient (Wildman–Crippen LogP) is 2.99. The van der Waals surface area contributed by atoms with E-state index in [0.717, 1.165) is 24.8 Å². The molecule has 2 atom stereocenters. The molecule has 1 saturated carbocycles. The minimum atomic E-state index is -0.169. The van der Waals surface area contributed by atoms with Gasteiger partial charge in [0.15, 0.2) is 0 Å². The van der Waals surface area contributed by atoms with Crippen molar-refractivity contribution in [2.24, 2.45) is 5.73 Å². The second-order valence-corrected chi connectivity index (χ2v) is 5.25.